The summed E-state index contributed by atoms with van der Waals surface area (Å²) in [5, 5.41) is 15.5. The van der Waals surface area contributed by atoms with Crippen molar-refractivity contribution in [2.45, 2.75) is 38.8 Å². The predicted molar refractivity (Wildman–Crippen MR) is 174 cm³/mol. The number of phenols is 1. The Morgan fingerprint density at radius 3 is 2.59 bits per heavy atom. The van der Waals surface area contributed by atoms with Gasteiger partial charge in [0.25, 0.3) is 11.8 Å². The van der Waals surface area contributed by atoms with Gasteiger partial charge in [-0.3, -0.25) is 9.59 Å². The number of likely N-dealkylation sites (tertiary alicyclic amines) is 1. The average Bonchev–Trinajstić information content (AvgIpc) is 3.44. The van der Waals surface area contributed by atoms with Crippen LogP contribution in [-0.4, -0.2) is 65.7 Å². The van der Waals surface area contributed by atoms with Gasteiger partial charge in [-0.2, -0.15) is 5.10 Å². The Morgan fingerprint density at radius 1 is 1.09 bits per heavy atom. The van der Waals surface area contributed by atoms with Crippen molar-refractivity contribution in [1.29, 1.82) is 0 Å². The van der Waals surface area contributed by atoms with Crippen LogP contribution in [0, 0.1) is 6.92 Å². The number of phenolic OH excluding ortho intramolecular Hbond substituents is 1. The minimum absolute atomic E-state index is 0.0574. The van der Waals surface area contributed by atoms with Gasteiger partial charge >= 0.3 is 0 Å². The van der Waals surface area contributed by atoms with Crippen molar-refractivity contribution in [3.05, 3.63) is 106 Å². The second-order valence-electron chi connectivity index (χ2n) is 11.2. The van der Waals surface area contributed by atoms with Crippen LogP contribution in [0.15, 0.2) is 84.0 Å². The molecule has 2 amide bonds. The van der Waals surface area contributed by atoms with Gasteiger partial charge in [0.05, 0.1) is 11.2 Å². The lowest BCUT2D eigenvalue weighted by Crippen LogP contribution is -2.38. The van der Waals surface area contributed by atoms with Gasteiger partial charge in [-0.25, -0.2) is 5.43 Å². The highest BCUT2D eigenvalue weighted by molar-refractivity contribution is 6.32. The number of nitrogens with one attached hydrogen (secondary N) is 1. The van der Waals surface area contributed by atoms with Gasteiger partial charge in [-0.1, -0.05) is 65.7 Å². The SMILES string of the molecule is Cc1ccc(CN(CCC2CCCN2C)C(=O)COc2ccc(/C=N/NC(=O)c3ccc(O)c(Cl)c3)c3ccccc23)cc1. The summed E-state index contributed by atoms with van der Waals surface area (Å²) in [4.78, 5) is 30.3. The molecule has 0 radical (unpaired) electrons. The number of carbonyl (C=O) groups is 2. The van der Waals surface area contributed by atoms with E-state index in [1.807, 2.05) is 41.3 Å². The molecule has 4 aromatic carbocycles. The van der Waals surface area contributed by atoms with Crippen molar-refractivity contribution in [1.82, 2.24) is 15.2 Å². The molecule has 2 N–H and O–H groups in total. The first-order valence-corrected chi connectivity index (χ1v) is 15.2. The molecule has 1 atom stereocenters. The van der Waals surface area contributed by atoms with Crippen molar-refractivity contribution in [2.75, 3.05) is 26.7 Å². The Bertz CT molecular complexity index is 1660. The summed E-state index contributed by atoms with van der Waals surface area (Å²) in [5.74, 6) is -0.0172. The summed E-state index contributed by atoms with van der Waals surface area (Å²) in [7, 11) is 2.16. The Hall–Kier alpha value is -4.40. The number of hydrazone groups is 1. The van der Waals surface area contributed by atoms with Crippen molar-refractivity contribution >= 4 is 40.4 Å². The molecule has 0 bridgehead atoms. The Balaban J connectivity index is 1.27. The number of hydrogen-bond acceptors (Lipinski definition) is 6. The van der Waals surface area contributed by atoms with Crippen LogP contribution in [0.25, 0.3) is 10.8 Å². The summed E-state index contributed by atoms with van der Waals surface area (Å²) < 4.78 is 6.14. The summed E-state index contributed by atoms with van der Waals surface area (Å²) >= 11 is 5.91. The lowest BCUT2D eigenvalue weighted by molar-refractivity contribution is -0.134. The van der Waals surface area contributed by atoms with Crippen molar-refractivity contribution < 1.29 is 19.4 Å². The third kappa shape index (κ3) is 7.75. The Kier molecular flexibility index (Phi) is 10.1. The number of amides is 2. The van der Waals surface area contributed by atoms with Gasteiger partial charge in [0.1, 0.15) is 11.5 Å². The Morgan fingerprint density at radius 2 is 1.86 bits per heavy atom. The van der Waals surface area contributed by atoms with Crippen LogP contribution in [0.3, 0.4) is 0 Å². The van der Waals surface area contributed by atoms with Gasteiger partial charge in [-0.05, 0) is 81.1 Å². The number of benzene rings is 4. The largest absolute Gasteiger partial charge is 0.506 e. The Labute approximate surface area is 262 Å². The van der Waals surface area contributed by atoms with Crippen LogP contribution < -0.4 is 10.2 Å². The summed E-state index contributed by atoms with van der Waals surface area (Å²) in [6, 6.07) is 24.3. The molecule has 228 valence electrons. The van der Waals surface area contributed by atoms with Gasteiger partial charge in [0, 0.05) is 35.6 Å². The minimum atomic E-state index is -0.458. The van der Waals surface area contributed by atoms with Gasteiger partial charge in [0.15, 0.2) is 6.61 Å². The molecular weight excluding hydrogens is 576 g/mol. The third-order valence-electron chi connectivity index (χ3n) is 8.10. The van der Waals surface area contributed by atoms with E-state index in [1.54, 1.807) is 6.21 Å². The fourth-order valence-electron chi connectivity index (χ4n) is 5.49. The fourth-order valence-corrected chi connectivity index (χ4v) is 5.67. The molecule has 44 heavy (non-hydrogen) atoms. The molecule has 0 saturated carbocycles. The number of ether oxygens (including phenoxy) is 1. The number of hydrogen-bond donors (Lipinski definition) is 2. The number of aromatic hydroxyl groups is 1. The molecule has 0 aliphatic carbocycles. The lowest BCUT2D eigenvalue weighted by Gasteiger charge is -2.27. The summed E-state index contributed by atoms with van der Waals surface area (Å²) in [6.07, 6.45) is 4.85. The molecule has 1 unspecified atom stereocenters. The zero-order valence-electron chi connectivity index (χ0n) is 25.0. The van der Waals surface area contributed by atoms with Crippen LogP contribution in [0.2, 0.25) is 5.02 Å². The molecule has 1 aliphatic rings. The van der Waals surface area contributed by atoms with E-state index in [-0.39, 0.29) is 28.8 Å². The molecule has 1 saturated heterocycles. The number of halogens is 1. The number of nitrogens with zero attached hydrogens (tertiary/aromatic N) is 3. The molecule has 9 heteroatoms. The van der Waals surface area contributed by atoms with Gasteiger partial charge < -0.3 is 19.6 Å². The maximum Gasteiger partial charge on any atom is 0.271 e. The number of carbonyl (C=O) groups excluding carboxylic acids is 2. The highest BCUT2D eigenvalue weighted by atomic mass is 35.5. The first-order valence-electron chi connectivity index (χ1n) is 14.8. The number of fused-ring (bicyclic) bond motifs is 1. The van der Waals surface area contributed by atoms with Crippen molar-refractivity contribution in [3.63, 3.8) is 0 Å². The van der Waals surface area contributed by atoms with Crippen molar-refractivity contribution in [3.8, 4) is 11.5 Å². The topological polar surface area (TPSA) is 94.5 Å². The van der Waals surface area contributed by atoms with E-state index in [0.717, 1.165) is 41.3 Å². The molecule has 0 spiro atoms. The first kappa shape index (κ1) is 31.0. The molecule has 4 aromatic rings. The van der Waals surface area contributed by atoms with Crippen molar-refractivity contribution in [2.24, 2.45) is 5.10 Å². The fraction of sp³-hybridized carbons (Fsp3) is 0.286. The van der Waals surface area contributed by atoms with Gasteiger partial charge in [0.2, 0.25) is 0 Å². The number of rotatable bonds is 11. The van der Waals surface area contributed by atoms with E-state index >= 15 is 0 Å². The summed E-state index contributed by atoms with van der Waals surface area (Å²) in [6.45, 7) is 4.30. The second kappa shape index (κ2) is 14.4. The third-order valence-corrected chi connectivity index (χ3v) is 8.40. The maximum atomic E-state index is 13.5. The zero-order chi connectivity index (χ0) is 31.1. The van der Waals surface area contributed by atoms with Crippen LogP contribution in [-0.2, 0) is 11.3 Å². The first-order chi connectivity index (χ1) is 21.3. The molecule has 1 aliphatic heterocycles. The standard InChI is InChI=1S/C35H37ClN4O4/c1-24-9-11-25(12-10-24)22-40(19-17-28-6-5-18-39(28)2)34(42)23-44-33-16-14-27(29-7-3-4-8-30(29)33)21-37-38-35(43)26-13-15-32(41)31(36)20-26/h3-4,7-16,20-21,28,41H,5-6,17-19,22-23H2,1-2H3,(H,38,43)/b37-21+. The quantitative estimate of drug-likeness (QED) is 0.156. The number of aryl methyl sites for hydroxylation is 1. The van der Waals surface area contributed by atoms with Crippen LogP contribution in [0.4, 0.5) is 0 Å². The van der Waals surface area contributed by atoms with E-state index in [1.165, 1.54) is 30.2 Å². The van der Waals surface area contributed by atoms with E-state index in [2.05, 4.69) is 53.7 Å². The normalized spacial score (nSPS) is 15.1. The zero-order valence-corrected chi connectivity index (χ0v) is 25.8. The van der Waals surface area contributed by atoms with Crippen LogP contribution >= 0.6 is 11.6 Å². The highest BCUT2D eigenvalue weighted by Crippen LogP contribution is 2.28. The van der Waals surface area contributed by atoms with E-state index in [4.69, 9.17) is 16.3 Å². The van der Waals surface area contributed by atoms with E-state index < -0.39 is 5.91 Å². The van der Waals surface area contributed by atoms with Gasteiger partial charge in [-0.15, -0.1) is 0 Å². The highest BCUT2D eigenvalue weighted by Gasteiger charge is 2.23. The second-order valence-corrected chi connectivity index (χ2v) is 11.6. The predicted octanol–water partition coefficient (Wildman–Crippen LogP) is 6.16. The van der Waals surface area contributed by atoms with Crippen LogP contribution in [0.1, 0.15) is 46.3 Å². The van der Waals surface area contributed by atoms with E-state index in [9.17, 15) is 14.7 Å². The molecule has 5 rings (SSSR count). The van der Waals surface area contributed by atoms with E-state index in [0.29, 0.717) is 24.9 Å². The maximum absolute atomic E-state index is 13.5. The average molecular weight is 613 g/mol. The monoisotopic (exact) mass is 612 g/mol. The minimum Gasteiger partial charge on any atom is -0.506 e. The molecule has 0 aromatic heterocycles. The molecule has 1 fully saturated rings. The summed E-state index contributed by atoms with van der Waals surface area (Å²) in [5.41, 5.74) is 5.81. The molecular formula is C35H37ClN4O4. The van der Waals surface area contributed by atoms with Crippen LogP contribution in [0.5, 0.6) is 11.5 Å². The lowest BCUT2D eigenvalue weighted by atomic mass is 10.0. The molecule has 8 nitrogen and oxygen atoms in total. The smallest absolute Gasteiger partial charge is 0.271 e. The molecule has 1 heterocycles.